The van der Waals surface area contributed by atoms with Gasteiger partial charge in [-0.05, 0) is 60.7 Å². The van der Waals surface area contributed by atoms with E-state index in [1.807, 2.05) is 31.2 Å². The van der Waals surface area contributed by atoms with E-state index in [1.165, 1.54) is 24.4 Å². The highest BCUT2D eigenvalue weighted by Gasteiger charge is 2.10. The zero-order chi connectivity index (χ0) is 21.1. The van der Waals surface area contributed by atoms with Crippen LogP contribution in [0, 0.1) is 10.1 Å². The van der Waals surface area contributed by atoms with Crippen LogP contribution in [-0.2, 0) is 0 Å². The molecular weight excluding hydrogens is 386 g/mol. The second kappa shape index (κ2) is 8.04. The quantitative estimate of drug-likeness (QED) is 0.264. The number of rotatable bonds is 6. The number of para-hydroxylation sites is 1. The molecule has 0 atom stereocenters. The van der Waals surface area contributed by atoms with Crippen LogP contribution in [0.1, 0.15) is 12.5 Å². The molecule has 30 heavy (non-hydrogen) atoms. The lowest BCUT2D eigenvalue weighted by atomic mass is 10.2. The van der Waals surface area contributed by atoms with Crippen LogP contribution in [0.25, 0.3) is 22.6 Å². The average molecular weight is 402 g/mol. The standard InChI is InChI=1S/C22H17N3O5/c1-2-29-17-9-6-14(7-10-17)22-24-18-12-16(8-11-20(18)30-22)23-13-15-4-3-5-19(21(15)26)25(27)28/h3-13,26H,2H2,1H3/p-1. The van der Waals surface area contributed by atoms with Crippen molar-refractivity contribution >= 4 is 28.7 Å². The SMILES string of the molecule is CCOc1ccc(-c2nc3cc(N=Cc4cccc([N+](=O)[O-])c4[O-])ccc3o2)cc1. The van der Waals surface area contributed by atoms with Gasteiger partial charge in [0.15, 0.2) is 5.58 Å². The number of aliphatic imine (C=N–C) groups is 1. The van der Waals surface area contributed by atoms with E-state index in [2.05, 4.69) is 9.98 Å². The van der Waals surface area contributed by atoms with Gasteiger partial charge in [0.25, 0.3) is 5.69 Å². The van der Waals surface area contributed by atoms with Crippen LogP contribution >= 0.6 is 0 Å². The molecule has 0 unspecified atom stereocenters. The van der Waals surface area contributed by atoms with E-state index in [4.69, 9.17) is 9.15 Å². The molecule has 0 amide bonds. The second-order valence-electron chi connectivity index (χ2n) is 6.34. The second-order valence-corrected chi connectivity index (χ2v) is 6.34. The van der Waals surface area contributed by atoms with Crippen molar-refractivity contribution in [2.24, 2.45) is 4.99 Å². The van der Waals surface area contributed by atoms with Gasteiger partial charge < -0.3 is 14.3 Å². The van der Waals surface area contributed by atoms with Crippen molar-refractivity contribution in [3.63, 3.8) is 0 Å². The number of hydrogen-bond acceptors (Lipinski definition) is 7. The fourth-order valence-corrected chi connectivity index (χ4v) is 2.91. The Morgan fingerprint density at radius 3 is 2.70 bits per heavy atom. The van der Waals surface area contributed by atoms with Crippen LogP contribution in [0.15, 0.2) is 70.1 Å². The summed E-state index contributed by atoms with van der Waals surface area (Å²) in [5.74, 6) is 0.564. The number of aromatic nitrogens is 1. The number of nitrogens with zero attached hydrogens (tertiary/aromatic N) is 3. The van der Waals surface area contributed by atoms with Gasteiger partial charge in [-0.1, -0.05) is 12.1 Å². The molecule has 3 aromatic carbocycles. The Morgan fingerprint density at radius 1 is 1.17 bits per heavy atom. The minimum Gasteiger partial charge on any atom is -0.867 e. The molecule has 0 aliphatic heterocycles. The van der Waals surface area contributed by atoms with E-state index < -0.39 is 16.4 Å². The largest absolute Gasteiger partial charge is 0.867 e. The van der Waals surface area contributed by atoms with E-state index in [1.54, 1.807) is 18.2 Å². The highest BCUT2D eigenvalue weighted by atomic mass is 16.6. The van der Waals surface area contributed by atoms with Crippen molar-refractivity contribution in [2.45, 2.75) is 6.92 Å². The summed E-state index contributed by atoms with van der Waals surface area (Å²) in [6.07, 6.45) is 1.31. The maximum absolute atomic E-state index is 12.1. The maximum atomic E-state index is 12.1. The molecular formula is C22H16N3O5-. The molecule has 0 aliphatic carbocycles. The normalized spacial score (nSPS) is 11.2. The first-order valence-electron chi connectivity index (χ1n) is 9.17. The third-order valence-electron chi connectivity index (χ3n) is 4.36. The Morgan fingerprint density at radius 2 is 1.97 bits per heavy atom. The van der Waals surface area contributed by atoms with Crippen LogP contribution in [0.2, 0.25) is 0 Å². The Kier molecular flexibility index (Phi) is 5.13. The van der Waals surface area contributed by atoms with Crippen molar-refractivity contribution in [3.05, 3.63) is 76.3 Å². The minimum atomic E-state index is -0.705. The van der Waals surface area contributed by atoms with E-state index >= 15 is 0 Å². The molecule has 0 saturated heterocycles. The molecule has 1 aromatic heterocycles. The number of ether oxygens (including phenoxy) is 1. The van der Waals surface area contributed by atoms with Gasteiger partial charge in [0.1, 0.15) is 11.3 Å². The zero-order valence-electron chi connectivity index (χ0n) is 15.9. The molecule has 0 fully saturated rings. The lowest BCUT2D eigenvalue weighted by Crippen LogP contribution is -2.01. The minimum absolute atomic E-state index is 0.138. The lowest BCUT2D eigenvalue weighted by Gasteiger charge is -2.09. The number of benzene rings is 3. The number of nitro benzene ring substituents is 1. The number of fused-ring (bicyclic) bond motifs is 1. The van der Waals surface area contributed by atoms with E-state index in [-0.39, 0.29) is 5.56 Å². The summed E-state index contributed by atoms with van der Waals surface area (Å²) in [5, 5.41) is 23.0. The first kappa shape index (κ1) is 19.1. The first-order chi connectivity index (χ1) is 14.5. The third-order valence-corrected chi connectivity index (χ3v) is 4.36. The van der Waals surface area contributed by atoms with Crippen molar-refractivity contribution in [2.75, 3.05) is 6.61 Å². The Labute approximate surface area is 171 Å². The molecule has 0 aliphatic rings. The highest BCUT2D eigenvalue weighted by molar-refractivity contribution is 5.88. The lowest BCUT2D eigenvalue weighted by molar-refractivity contribution is -0.398. The van der Waals surface area contributed by atoms with Crippen molar-refractivity contribution in [1.82, 2.24) is 4.98 Å². The smallest absolute Gasteiger partial charge is 0.262 e. The third kappa shape index (κ3) is 3.83. The van der Waals surface area contributed by atoms with Crippen LogP contribution in [0.3, 0.4) is 0 Å². The first-order valence-corrected chi connectivity index (χ1v) is 9.17. The van der Waals surface area contributed by atoms with Gasteiger partial charge in [0.2, 0.25) is 5.89 Å². The number of nitro groups is 1. The fourth-order valence-electron chi connectivity index (χ4n) is 2.91. The van der Waals surface area contributed by atoms with E-state index in [9.17, 15) is 15.2 Å². The van der Waals surface area contributed by atoms with Gasteiger partial charge in [0.05, 0.1) is 17.2 Å². The summed E-state index contributed by atoms with van der Waals surface area (Å²) in [7, 11) is 0. The van der Waals surface area contributed by atoms with Crippen molar-refractivity contribution in [3.8, 4) is 23.0 Å². The molecule has 8 heteroatoms. The number of oxazole rings is 1. The number of hydrogen-bond donors (Lipinski definition) is 0. The van der Waals surface area contributed by atoms with Crippen LogP contribution in [0.5, 0.6) is 11.5 Å². The molecule has 0 N–H and O–H groups in total. The molecule has 150 valence electrons. The van der Waals surface area contributed by atoms with Gasteiger partial charge in [-0.2, -0.15) is 0 Å². The van der Waals surface area contributed by atoms with Crippen LogP contribution in [-0.4, -0.2) is 22.7 Å². The molecule has 8 nitrogen and oxygen atoms in total. The molecule has 0 spiro atoms. The molecule has 4 rings (SSSR count). The van der Waals surface area contributed by atoms with Gasteiger partial charge in [0, 0.05) is 17.8 Å². The van der Waals surface area contributed by atoms with E-state index in [0.29, 0.717) is 29.3 Å². The van der Waals surface area contributed by atoms with Gasteiger partial charge in [-0.15, -0.1) is 0 Å². The molecule has 1 heterocycles. The van der Waals surface area contributed by atoms with Crippen molar-refractivity contribution < 1.29 is 19.2 Å². The van der Waals surface area contributed by atoms with Gasteiger partial charge in [-0.3, -0.25) is 15.1 Å². The predicted molar refractivity (Wildman–Crippen MR) is 110 cm³/mol. The molecule has 0 bridgehead atoms. The maximum Gasteiger partial charge on any atom is 0.262 e. The fraction of sp³-hybridized carbons (Fsp3) is 0.0909. The summed E-state index contributed by atoms with van der Waals surface area (Å²) in [5.41, 5.74) is 2.21. The summed E-state index contributed by atoms with van der Waals surface area (Å²) < 4.78 is 11.2. The zero-order valence-corrected chi connectivity index (χ0v) is 15.9. The van der Waals surface area contributed by atoms with Gasteiger partial charge in [-0.25, -0.2) is 4.98 Å². The van der Waals surface area contributed by atoms with E-state index in [0.717, 1.165) is 11.3 Å². The molecule has 0 radical (unpaired) electrons. The molecule has 0 saturated carbocycles. The summed E-state index contributed by atoms with van der Waals surface area (Å²) >= 11 is 0. The molecule has 4 aromatic rings. The van der Waals surface area contributed by atoms with Crippen molar-refractivity contribution in [1.29, 1.82) is 0 Å². The van der Waals surface area contributed by atoms with Crippen LogP contribution in [0.4, 0.5) is 11.4 Å². The van der Waals surface area contributed by atoms with Crippen LogP contribution < -0.4 is 9.84 Å². The summed E-state index contributed by atoms with van der Waals surface area (Å²) in [6.45, 7) is 2.52. The summed E-state index contributed by atoms with van der Waals surface area (Å²) in [4.78, 5) is 18.9. The van der Waals surface area contributed by atoms with Gasteiger partial charge >= 0.3 is 0 Å². The Bertz CT molecular complexity index is 1250. The Balaban J connectivity index is 1.61. The summed E-state index contributed by atoms with van der Waals surface area (Å²) in [6, 6.07) is 16.7. The average Bonchev–Trinajstić information content (AvgIpc) is 3.17. The highest BCUT2D eigenvalue weighted by Crippen LogP contribution is 2.29. The Hall–Kier alpha value is -4.20. The monoisotopic (exact) mass is 402 g/mol. The topological polar surface area (TPSA) is 114 Å². The predicted octanol–water partition coefficient (Wildman–Crippen LogP) is 4.63.